The first-order valence-corrected chi connectivity index (χ1v) is 9.26. The van der Waals surface area contributed by atoms with Gasteiger partial charge in [0.25, 0.3) is 5.56 Å². The number of aromatic nitrogens is 4. The molecule has 4 N–H and O–H groups in total. The van der Waals surface area contributed by atoms with E-state index in [0.717, 1.165) is 15.7 Å². The van der Waals surface area contributed by atoms with Crippen molar-refractivity contribution in [2.24, 2.45) is 0 Å². The maximum absolute atomic E-state index is 12.8. The number of benzene rings is 2. The number of rotatable bonds is 5. The van der Waals surface area contributed by atoms with E-state index in [0.29, 0.717) is 18.7 Å². The number of nitrogens with one attached hydrogen (secondary N) is 2. The van der Waals surface area contributed by atoms with Crippen LogP contribution in [0.2, 0.25) is 0 Å². The van der Waals surface area contributed by atoms with Gasteiger partial charge in [-0.2, -0.15) is 4.98 Å². The summed E-state index contributed by atoms with van der Waals surface area (Å²) in [5.41, 5.74) is 1.29. The van der Waals surface area contributed by atoms with Gasteiger partial charge in [0.15, 0.2) is 17.1 Å². The zero-order valence-electron chi connectivity index (χ0n) is 16.1. The lowest BCUT2D eigenvalue weighted by molar-refractivity contribution is 0.403. The van der Waals surface area contributed by atoms with Gasteiger partial charge in [0.2, 0.25) is 5.95 Å². The number of aryl methyl sites for hydroxylation is 1. The monoisotopic (exact) mass is 405 g/mol. The molecule has 4 aromatic rings. The van der Waals surface area contributed by atoms with Crippen molar-refractivity contribution in [2.75, 3.05) is 11.9 Å². The van der Waals surface area contributed by atoms with Crippen molar-refractivity contribution in [3.8, 4) is 17.2 Å². The molecule has 0 saturated heterocycles. The van der Waals surface area contributed by atoms with Crippen LogP contribution in [0.15, 0.2) is 58.3 Å². The minimum Gasteiger partial charge on any atom is -0.504 e. The fourth-order valence-electron chi connectivity index (χ4n) is 3.13. The first kappa shape index (κ1) is 19.2. The predicted octanol–water partition coefficient (Wildman–Crippen LogP) is 1.84. The zero-order valence-corrected chi connectivity index (χ0v) is 16.1. The fraction of sp³-hybridized carbons (Fsp3) is 0.143. The molecule has 4 rings (SSSR count). The Balaban J connectivity index is 1.59. The van der Waals surface area contributed by atoms with Crippen molar-refractivity contribution < 1.29 is 10.2 Å². The van der Waals surface area contributed by atoms with E-state index in [1.165, 1.54) is 18.3 Å². The van der Waals surface area contributed by atoms with Gasteiger partial charge in [-0.3, -0.25) is 9.78 Å². The quantitative estimate of drug-likeness (QED) is 0.372. The van der Waals surface area contributed by atoms with E-state index in [9.17, 15) is 19.8 Å². The highest BCUT2D eigenvalue weighted by molar-refractivity contribution is 5.73. The first-order chi connectivity index (χ1) is 14.4. The molecule has 0 unspecified atom stereocenters. The minimum atomic E-state index is -0.581. The van der Waals surface area contributed by atoms with Crippen LogP contribution in [0.1, 0.15) is 11.1 Å². The van der Waals surface area contributed by atoms with E-state index in [2.05, 4.69) is 20.3 Å². The molecule has 0 aliphatic carbocycles. The van der Waals surface area contributed by atoms with E-state index in [1.54, 1.807) is 24.3 Å². The number of hydrogen-bond acceptors (Lipinski definition) is 7. The van der Waals surface area contributed by atoms with E-state index < -0.39 is 11.2 Å². The van der Waals surface area contributed by atoms with E-state index >= 15 is 0 Å². The predicted molar refractivity (Wildman–Crippen MR) is 112 cm³/mol. The second kappa shape index (κ2) is 7.70. The van der Waals surface area contributed by atoms with Crippen molar-refractivity contribution in [1.29, 1.82) is 0 Å². The van der Waals surface area contributed by atoms with Gasteiger partial charge in [0.05, 0.1) is 5.69 Å². The maximum Gasteiger partial charge on any atom is 0.334 e. The van der Waals surface area contributed by atoms with Crippen LogP contribution < -0.4 is 16.6 Å². The molecule has 0 saturated carbocycles. The average molecular weight is 405 g/mol. The third kappa shape index (κ3) is 3.72. The lowest BCUT2D eigenvalue weighted by Crippen LogP contribution is -2.34. The molecule has 0 bridgehead atoms. The highest BCUT2D eigenvalue weighted by Gasteiger charge is 2.12. The lowest BCUT2D eigenvalue weighted by atomic mass is 10.1. The topological polar surface area (TPSA) is 133 Å². The summed E-state index contributed by atoms with van der Waals surface area (Å²) in [6.45, 7) is 2.32. The summed E-state index contributed by atoms with van der Waals surface area (Å²) in [6, 6.07) is 11.7. The standard InChI is InChI=1S/C21H19N5O4/c1-12-3-2-4-14(9-12)26-19(29)15-11-23-20(24-18(15)25-21(26)30)22-8-7-13-5-6-16(27)17(28)10-13/h2-6,9-11,27-28H,7-8H2,1H3,(H2,22,23,24,25,30). The van der Waals surface area contributed by atoms with Gasteiger partial charge in [-0.05, 0) is 48.7 Å². The van der Waals surface area contributed by atoms with E-state index in [1.807, 2.05) is 13.0 Å². The molecule has 0 fully saturated rings. The summed E-state index contributed by atoms with van der Waals surface area (Å²) in [6.07, 6.45) is 1.92. The molecule has 30 heavy (non-hydrogen) atoms. The molecule has 9 heteroatoms. The number of nitrogens with zero attached hydrogens (tertiary/aromatic N) is 3. The second-order valence-corrected chi connectivity index (χ2v) is 6.87. The van der Waals surface area contributed by atoms with Crippen molar-refractivity contribution in [3.63, 3.8) is 0 Å². The van der Waals surface area contributed by atoms with Gasteiger partial charge >= 0.3 is 5.69 Å². The largest absolute Gasteiger partial charge is 0.504 e. The van der Waals surface area contributed by atoms with Gasteiger partial charge in [0, 0.05) is 12.7 Å². The summed E-state index contributed by atoms with van der Waals surface area (Å²) in [5, 5.41) is 22.1. The molecule has 2 aromatic carbocycles. The van der Waals surface area contributed by atoms with Crippen LogP contribution in [0.25, 0.3) is 16.7 Å². The van der Waals surface area contributed by atoms with Crippen molar-refractivity contribution in [1.82, 2.24) is 19.5 Å². The van der Waals surface area contributed by atoms with Crippen LogP contribution >= 0.6 is 0 Å². The molecule has 9 nitrogen and oxygen atoms in total. The molecular weight excluding hydrogens is 386 g/mol. The Kier molecular flexibility index (Phi) is 4.93. The molecule has 2 heterocycles. The Hall–Kier alpha value is -4.14. The van der Waals surface area contributed by atoms with E-state index in [4.69, 9.17) is 0 Å². The van der Waals surface area contributed by atoms with Gasteiger partial charge in [0.1, 0.15) is 5.39 Å². The maximum atomic E-state index is 12.8. The molecular formula is C21H19N5O4. The normalized spacial score (nSPS) is 11.0. The Labute approximate surface area is 170 Å². The summed E-state index contributed by atoms with van der Waals surface area (Å²) >= 11 is 0. The molecule has 0 atom stereocenters. The van der Waals surface area contributed by atoms with Gasteiger partial charge < -0.3 is 15.5 Å². The minimum absolute atomic E-state index is 0.147. The number of phenols is 2. The number of anilines is 1. The molecule has 0 amide bonds. The molecule has 0 aliphatic heterocycles. The Morgan fingerprint density at radius 3 is 2.70 bits per heavy atom. The number of aromatic hydroxyl groups is 2. The third-order valence-corrected chi connectivity index (χ3v) is 4.65. The Morgan fingerprint density at radius 2 is 1.93 bits per heavy atom. The highest BCUT2D eigenvalue weighted by Crippen LogP contribution is 2.25. The van der Waals surface area contributed by atoms with Crippen LogP contribution in [0, 0.1) is 6.92 Å². The number of aromatic amines is 1. The summed E-state index contributed by atoms with van der Waals surface area (Å²) in [7, 11) is 0. The molecule has 2 aromatic heterocycles. The van der Waals surface area contributed by atoms with Crippen LogP contribution in [0.5, 0.6) is 11.5 Å². The summed E-state index contributed by atoms with van der Waals surface area (Å²) in [5.74, 6) is -0.101. The van der Waals surface area contributed by atoms with Crippen LogP contribution in [-0.4, -0.2) is 36.3 Å². The lowest BCUT2D eigenvalue weighted by Gasteiger charge is -2.09. The third-order valence-electron chi connectivity index (χ3n) is 4.65. The van der Waals surface area contributed by atoms with Crippen LogP contribution in [-0.2, 0) is 6.42 Å². The number of H-pyrrole nitrogens is 1. The van der Waals surface area contributed by atoms with Crippen molar-refractivity contribution in [3.05, 3.63) is 80.6 Å². The Morgan fingerprint density at radius 1 is 1.10 bits per heavy atom. The summed E-state index contributed by atoms with van der Waals surface area (Å²) < 4.78 is 1.06. The molecule has 152 valence electrons. The van der Waals surface area contributed by atoms with Crippen molar-refractivity contribution in [2.45, 2.75) is 13.3 Å². The number of fused-ring (bicyclic) bond motifs is 1. The molecule has 0 radical (unpaired) electrons. The number of hydrogen-bond donors (Lipinski definition) is 4. The second-order valence-electron chi connectivity index (χ2n) is 6.87. The first-order valence-electron chi connectivity index (χ1n) is 9.26. The molecule has 0 spiro atoms. The zero-order chi connectivity index (χ0) is 21.3. The fourth-order valence-corrected chi connectivity index (χ4v) is 3.13. The van der Waals surface area contributed by atoms with Crippen LogP contribution in [0.4, 0.5) is 5.95 Å². The van der Waals surface area contributed by atoms with Gasteiger partial charge in [-0.15, -0.1) is 0 Å². The molecule has 0 aliphatic rings. The van der Waals surface area contributed by atoms with Gasteiger partial charge in [-0.25, -0.2) is 14.3 Å². The number of phenolic OH excluding ortho intramolecular Hbond substituents is 2. The van der Waals surface area contributed by atoms with E-state index in [-0.39, 0.29) is 28.5 Å². The smallest absolute Gasteiger partial charge is 0.334 e. The van der Waals surface area contributed by atoms with Gasteiger partial charge in [-0.1, -0.05) is 18.2 Å². The average Bonchev–Trinajstić information content (AvgIpc) is 2.70. The summed E-state index contributed by atoms with van der Waals surface area (Å²) in [4.78, 5) is 36.4. The Bertz CT molecular complexity index is 1360. The van der Waals surface area contributed by atoms with Crippen molar-refractivity contribution >= 4 is 17.0 Å². The SMILES string of the molecule is Cc1cccc(-n2c(=O)[nH]c3nc(NCCc4ccc(O)c(O)c4)ncc3c2=O)c1. The highest BCUT2D eigenvalue weighted by atomic mass is 16.3. The van der Waals surface area contributed by atoms with Crippen LogP contribution in [0.3, 0.4) is 0 Å².